The zero-order valence-electron chi connectivity index (χ0n) is 16.3. The Morgan fingerprint density at radius 3 is 2.52 bits per heavy atom. The number of aliphatic hydroxyl groups excluding tert-OH is 1. The highest BCUT2D eigenvalue weighted by molar-refractivity contribution is 6.51. The Bertz CT molecular complexity index is 1210. The zero-order chi connectivity index (χ0) is 22.1. The van der Waals surface area contributed by atoms with Crippen LogP contribution in [0.1, 0.15) is 17.2 Å². The van der Waals surface area contributed by atoms with Crippen molar-refractivity contribution >= 4 is 46.5 Å². The van der Waals surface area contributed by atoms with Gasteiger partial charge in [0.05, 0.1) is 28.8 Å². The summed E-state index contributed by atoms with van der Waals surface area (Å²) in [6.45, 7) is 0. The van der Waals surface area contributed by atoms with Crippen molar-refractivity contribution in [2.45, 2.75) is 6.04 Å². The fourth-order valence-corrected chi connectivity index (χ4v) is 3.80. The van der Waals surface area contributed by atoms with Crippen LogP contribution in [0.2, 0.25) is 10.0 Å². The van der Waals surface area contributed by atoms with E-state index in [1.54, 1.807) is 60.7 Å². The summed E-state index contributed by atoms with van der Waals surface area (Å²) < 4.78 is 5.21. The average molecular weight is 455 g/mol. The summed E-state index contributed by atoms with van der Waals surface area (Å²) in [6.07, 6.45) is 1.52. The van der Waals surface area contributed by atoms with Gasteiger partial charge >= 0.3 is 5.91 Å². The summed E-state index contributed by atoms with van der Waals surface area (Å²) in [4.78, 5) is 31.6. The molecule has 3 aromatic rings. The molecule has 1 aliphatic heterocycles. The van der Waals surface area contributed by atoms with Gasteiger partial charge in [0.15, 0.2) is 0 Å². The van der Waals surface area contributed by atoms with E-state index in [9.17, 15) is 14.7 Å². The molecular weight excluding hydrogens is 439 g/mol. The monoisotopic (exact) mass is 454 g/mol. The number of Topliss-reactive ketones (excluding diaryl/α,β-unsaturated/α-hetero) is 1. The van der Waals surface area contributed by atoms with E-state index in [1.807, 2.05) is 0 Å². The summed E-state index contributed by atoms with van der Waals surface area (Å²) >= 11 is 12.3. The Morgan fingerprint density at radius 1 is 1.03 bits per heavy atom. The third-order valence-electron chi connectivity index (χ3n) is 4.94. The molecule has 1 aromatic heterocycles. The predicted octanol–water partition coefficient (Wildman–Crippen LogP) is 5.02. The molecule has 1 atom stereocenters. The van der Waals surface area contributed by atoms with E-state index in [0.717, 1.165) is 0 Å². The highest BCUT2D eigenvalue weighted by Gasteiger charge is 2.47. The maximum absolute atomic E-state index is 13.1. The van der Waals surface area contributed by atoms with Crippen molar-refractivity contribution in [1.29, 1.82) is 0 Å². The van der Waals surface area contributed by atoms with Crippen molar-refractivity contribution in [1.82, 2.24) is 4.98 Å². The van der Waals surface area contributed by atoms with Crippen LogP contribution in [0.4, 0.5) is 5.82 Å². The van der Waals surface area contributed by atoms with Gasteiger partial charge in [0.25, 0.3) is 5.78 Å². The van der Waals surface area contributed by atoms with Crippen molar-refractivity contribution < 1.29 is 19.4 Å². The lowest BCUT2D eigenvalue weighted by Gasteiger charge is -2.24. The fourth-order valence-electron chi connectivity index (χ4n) is 3.49. The van der Waals surface area contributed by atoms with E-state index >= 15 is 0 Å². The number of benzene rings is 2. The van der Waals surface area contributed by atoms with Gasteiger partial charge in [-0.2, -0.15) is 0 Å². The van der Waals surface area contributed by atoms with E-state index in [1.165, 1.54) is 18.2 Å². The summed E-state index contributed by atoms with van der Waals surface area (Å²) in [5.41, 5.74) is 0.759. The van der Waals surface area contributed by atoms with Crippen LogP contribution < -0.4 is 9.64 Å². The number of carbonyl (C=O) groups is 2. The van der Waals surface area contributed by atoms with Gasteiger partial charge in [0.1, 0.15) is 17.3 Å². The van der Waals surface area contributed by atoms with Crippen molar-refractivity contribution in [3.63, 3.8) is 0 Å². The van der Waals surface area contributed by atoms with Gasteiger partial charge in [-0.1, -0.05) is 47.5 Å². The first kappa shape index (κ1) is 20.9. The summed E-state index contributed by atoms with van der Waals surface area (Å²) in [6, 6.07) is 15.4. The summed E-state index contributed by atoms with van der Waals surface area (Å²) in [5, 5.41) is 11.7. The first-order valence-corrected chi connectivity index (χ1v) is 9.99. The number of hydrogen-bond donors (Lipinski definition) is 1. The van der Waals surface area contributed by atoms with Crippen LogP contribution in [0.25, 0.3) is 5.76 Å². The largest absolute Gasteiger partial charge is 0.507 e. The third kappa shape index (κ3) is 3.76. The first-order chi connectivity index (χ1) is 14.9. The van der Waals surface area contributed by atoms with Crippen LogP contribution >= 0.6 is 23.2 Å². The van der Waals surface area contributed by atoms with Gasteiger partial charge < -0.3 is 9.84 Å². The van der Waals surface area contributed by atoms with Crippen molar-refractivity contribution in [2.75, 3.05) is 12.0 Å². The van der Waals surface area contributed by atoms with Gasteiger partial charge in [-0.25, -0.2) is 4.98 Å². The molecule has 1 fully saturated rings. The predicted molar refractivity (Wildman–Crippen MR) is 118 cm³/mol. The van der Waals surface area contributed by atoms with Crippen LogP contribution in [0.15, 0.2) is 72.4 Å². The Morgan fingerprint density at radius 2 is 1.84 bits per heavy atom. The topological polar surface area (TPSA) is 79.7 Å². The second-order valence-corrected chi connectivity index (χ2v) is 7.58. The lowest BCUT2D eigenvalue weighted by Crippen LogP contribution is -2.30. The number of anilines is 1. The van der Waals surface area contributed by atoms with Crippen LogP contribution in [0.5, 0.6) is 5.75 Å². The number of amides is 1. The van der Waals surface area contributed by atoms with Gasteiger partial charge in [-0.15, -0.1) is 0 Å². The van der Waals surface area contributed by atoms with Gasteiger partial charge in [0, 0.05) is 11.8 Å². The minimum Gasteiger partial charge on any atom is -0.507 e. The molecular formula is C23H16Cl2N2O4. The molecule has 2 aromatic carbocycles. The Labute approximate surface area is 188 Å². The van der Waals surface area contributed by atoms with Crippen molar-refractivity contribution in [2.24, 2.45) is 0 Å². The number of carbonyl (C=O) groups excluding carboxylic acids is 2. The number of hydrogen-bond acceptors (Lipinski definition) is 5. The minimum atomic E-state index is -0.948. The van der Waals surface area contributed by atoms with E-state index < -0.39 is 17.7 Å². The molecule has 0 aliphatic carbocycles. The smallest absolute Gasteiger partial charge is 0.301 e. The molecule has 156 valence electrons. The molecule has 0 spiro atoms. The highest BCUT2D eigenvalue weighted by atomic mass is 35.5. The van der Waals surface area contributed by atoms with Crippen LogP contribution in [0, 0.1) is 0 Å². The second-order valence-electron chi connectivity index (χ2n) is 6.76. The lowest BCUT2D eigenvalue weighted by atomic mass is 9.95. The summed E-state index contributed by atoms with van der Waals surface area (Å²) in [7, 11) is 1.49. The van der Waals surface area contributed by atoms with Crippen LogP contribution in [0.3, 0.4) is 0 Å². The number of nitrogens with zero attached hydrogens (tertiary/aromatic N) is 2. The number of pyridine rings is 1. The molecule has 2 heterocycles. The molecule has 1 unspecified atom stereocenters. The molecule has 1 aliphatic rings. The van der Waals surface area contributed by atoms with Gasteiger partial charge in [0.2, 0.25) is 0 Å². The van der Waals surface area contributed by atoms with Gasteiger partial charge in [-0.05, 0) is 42.0 Å². The third-order valence-corrected chi connectivity index (χ3v) is 5.68. The van der Waals surface area contributed by atoms with Crippen LogP contribution in [-0.4, -0.2) is 28.9 Å². The van der Waals surface area contributed by atoms with Crippen LogP contribution in [-0.2, 0) is 9.59 Å². The van der Waals surface area contributed by atoms with E-state index in [2.05, 4.69) is 4.98 Å². The first-order valence-electron chi connectivity index (χ1n) is 9.23. The Hall–Kier alpha value is -3.35. The lowest BCUT2D eigenvalue weighted by molar-refractivity contribution is -0.132. The molecule has 8 heteroatoms. The van der Waals surface area contributed by atoms with Gasteiger partial charge in [-0.3, -0.25) is 14.5 Å². The fraction of sp³-hybridized carbons (Fsp3) is 0.0870. The van der Waals surface area contributed by atoms with E-state index in [0.29, 0.717) is 21.9 Å². The zero-order valence-corrected chi connectivity index (χ0v) is 17.8. The minimum absolute atomic E-state index is 0.0812. The molecule has 1 N–H and O–H groups in total. The Kier molecular flexibility index (Phi) is 5.67. The molecule has 0 radical (unpaired) electrons. The molecule has 0 bridgehead atoms. The maximum Gasteiger partial charge on any atom is 0.301 e. The number of methoxy groups -OCH3 is 1. The SMILES string of the molecule is COc1cccc(/C(O)=C2\C(=O)C(=O)N(c3ccccn3)C2c2ccc(Cl)c(Cl)c2)c1. The number of halogens is 2. The molecule has 0 saturated carbocycles. The maximum atomic E-state index is 13.1. The van der Waals surface area contributed by atoms with Crippen molar-refractivity contribution in [3.05, 3.63) is 93.6 Å². The van der Waals surface area contributed by atoms with E-state index in [4.69, 9.17) is 27.9 Å². The molecule has 6 nitrogen and oxygen atoms in total. The normalized spacial score (nSPS) is 17.8. The number of rotatable bonds is 4. The van der Waals surface area contributed by atoms with Crippen molar-refractivity contribution in [3.8, 4) is 5.75 Å². The average Bonchev–Trinajstić information content (AvgIpc) is 3.06. The molecule has 1 amide bonds. The molecule has 4 rings (SSSR count). The number of ether oxygens (including phenoxy) is 1. The Balaban J connectivity index is 1.96. The highest BCUT2D eigenvalue weighted by Crippen LogP contribution is 2.42. The number of aromatic nitrogens is 1. The second kappa shape index (κ2) is 8.41. The quantitative estimate of drug-likeness (QED) is 0.340. The molecule has 31 heavy (non-hydrogen) atoms. The molecule has 1 saturated heterocycles. The number of ketones is 1. The number of aliphatic hydroxyl groups is 1. The standard InChI is InChI=1S/C23H16Cl2N2O4/c1-31-15-6-4-5-14(11-15)21(28)19-20(13-8-9-16(24)17(25)12-13)27(23(30)22(19)29)18-7-2-3-10-26-18/h2-12,20,28H,1H3/b21-19+. The summed E-state index contributed by atoms with van der Waals surface area (Å²) in [5.74, 6) is -1.20. The van der Waals surface area contributed by atoms with E-state index in [-0.39, 0.29) is 22.2 Å².